The van der Waals surface area contributed by atoms with E-state index in [1.54, 1.807) is 6.07 Å². The summed E-state index contributed by atoms with van der Waals surface area (Å²) in [6.45, 7) is 7.90. The summed E-state index contributed by atoms with van der Waals surface area (Å²) in [6, 6.07) is 11.3. The Morgan fingerprint density at radius 1 is 1.12 bits per heavy atom. The third kappa shape index (κ3) is 5.26. The highest BCUT2D eigenvalue weighted by Gasteiger charge is 2.08. The molecule has 0 bridgehead atoms. The molecule has 0 amide bonds. The van der Waals surface area contributed by atoms with Crippen LogP contribution in [0.15, 0.2) is 41.6 Å². The van der Waals surface area contributed by atoms with Crippen LogP contribution in [0.4, 0.5) is 0 Å². The van der Waals surface area contributed by atoms with Gasteiger partial charge in [0.1, 0.15) is 18.0 Å². The third-order valence-electron chi connectivity index (χ3n) is 3.54. The molecule has 5 nitrogen and oxygen atoms in total. The number of rotatable bonds is 7. The van der Waals surface area contributed by atoms with Crippen LogP contribution >= 0.6 is 0 Å². The Kier molecular flexibility index (Phi) is 6.18. The smallest absolute Gasteiger partial charge is 0.178 e. The number of oxime groups is 1. The Hall–Kier alpha value is -2.56. The van der Waals surface area contributed by atoms with E-state index >= 15 is 0 Å². The molecular weight excluding hydrogens is 302 g/mol. The van der Waals surface area contributed by atoms with Gasteiger partial charge in [0.25, 0.3) is 0 Å². The Morgan fingerprint density at radius 2 is 1.83 bits per heavy atom. The Balaban J connectivity index is 1.89. The minimum Gasteiger partial charge on any atom is -0.395 e. The summed E-state index contributed by atoms with van der Waals surface area (Å²) < 4.78 is 0. The maximum absolute atomic E-state index is 11.4. The third-order valence-corrected chi connectivity index (χ3v) is 3.54. The number of ketones is 1. The molecule has 1 atom stereocenters. The van der Waals surface area contributed by atoms with Crippen LogP contribution in [-0.4, -0.2) is 28.1 Å². The maximum Gasteiger partial charge on any atom is 0.178 e. The Bertz CT molecular complexity index is 741. The molecule has 1 unspecified atom stereocenters. The second kappa shape index (κ2) is 8.34. The predicted octanol–water partition coefficient (Wildman–Crippen LogP) is 3.61. The van der Waals surface area contributed by atoms with E-state index in [0.29, 0.717) is 12.3 Å². The van der Waals surface area contributed by atoms with Gasteiger partial charge in [-0.3, -0.25) is 9.78 Å². The van der Waals surface area contributed by atoms with E-state index in [0.717, 1.165) is 29.2 Å². The monoisotopic (exact) mass is 325 g/mol. The van der Waals surface area contributed by atoms with Crippen LogP contribution in [-0.2, 0) is 11.3 Å². The lowest BCUT2D eigenvalue weighted by Crippen LogP contribution is -2.10. The number of carbonyl (C=O) groups is 1. The van der Waals surface area contributed by atoms with Gasteiger partial charge in [-0.05, 0) is 50.5 Å². The quantitative estimate of drug-likeness (QED) is 0.443. The lowest BCUT2D eigenvalue weighted by atomic mass is 10.1. The van der Waals surface area contributed by atoms with E-state index in [1.807, 2.05) is 44.2 Å². The van der Waals surface area contributed by atoms with E-state index in [4.69, 9.17) is 4.84 Å². The molecule has 0 spiro atoms. The summed E-state index contributed by atoms with van der Waals surface area (Å²) in [4.78, 5) is 25.6. The van der Waals surface area contributed by atoms with E-state index in [-0.39, 0.29) is 11.7 Å². The van der Waals surface area contributed by atoms with Crippen molar-refractivity contribution >= 4 is 11.5 Å². The summed E-state index contributed by atoms with van der Waals surface area (Å²) in [6.07, 6.45) is 0.735. The van der Waals surface area contributed by atoms with Crippen molar-refractivity contribution in [3.05, 3.63) is 59.2 Å². The van der Waals surface area contributed by atoms with Gasteiger partial charge in [0.15, 0.2) is 5.78 Å². The zero-order chi connectivity index (χ0) is 17.5. The van der Waals surface area contributed by atoms with E-state index in [1.165, 1.54) is 6.92 Å². The fourth-order valence-corrected chi connectivity index (χ4v) is 2.26. The first-order valence-corrected chi connectivity index (χ1v) is 8.03. The Morgan fingerprint density at radius 3 is 2.54 bits per heavy atom. The molecule has 24 heavy (non-hydrogen) atoms. The van der Waals surface area contributed by atoms with Crippen LogP contribution in [0.3, 0.4) is 0 Å². The number of hydrogen-bond acceptors (Lipinski definition) is 5. The van der Waals surface area contributed by atoms with Gasteiger partial charge in [-0.15, -0.1) is 0 Å². The second-order valence-corrected chi connectivity index (χ2v) is 6.02. The second-order valence-electron chi connectivity index (χ2n) is 6.02. The number of aryl methyl sites for hydroxylation is 1. The molecule has 0 saturated carbocycles. The number of aromatic nitrogens is 2. The van der Waals surface area contributed by atoms with Gasteiger partial charge in [-0.1, -0.05) is 24.2 Å². The number of carbonyl (C=O) groups excluding carboxylic acids is 1. The topological polar surface area (TPSA) is 64.4 Å². The number of pyridine rings is 2. The summed E-state index contributed by atoms with van der Waals surface area (Å²) in [5, 5.41) is 4.14. The van der Waals surface area contributed by atoms with Crippen LogP contribution in [0, 0.1) is 12.8 Å². The van der Waals surface area contributed by atoms with Crippen LogP contribution in [0.5, 0.6) is 0 Å². The van der Waals surface area contributed by atoms with Crippen molar-refractivity contribution in [2.24, 2.45) is 11.1 Å². The van der Waals surface area contributed by atoms with E-state index < -0.39 is 0 Å². The largest absolute Gasteiger partial charge is 0.395 e. The average Bonchev–Trinajstić information content (AvgIpc) is 2.55. The molecule has 0 N–H and O–H groups in total. The molecule has 2 rings (SSSR count). The van der Waals surface area contributed by atoms with Crippen LogP contribution in [0.1, 0.15) is 48.3 Å². The Labute approximate surface area is 142 Å². The summed E-state index contributed by atoms with van der Waals surface area (Å²) in [5.41, 5.74) is 3.91. The lowest BCUT2D eigenvalue weighted by Gasteiger charge is -2.10. The van der Waals surface area contributed by atoms with Crippen molar-refractivity contribution in [2.75, 3.05) is 6.61 Å². The van der Waals surface area contributed by atoms with E-state index in [9.17, 15) is 4.79 Å². The lowest BCUT2D eigenvalue weighted by molar-refractivity contribution is 0.101. The normalized spacial score (nSPS) is 12.8. The van der Waals surface area contributed by atoms with Crippen LogP contribution in [0.2, 0.25) is 0 Å². The van der Waals surface area contributed by atoms with Gasteiger partial charge >= 0.3 is 0 Å². The zero-order valence-electron chi connectivity index (χ0n) is 14.6. The predicted molar refractivity (Wildman–Crippen MR) is 94.2 cm³/mol. The molecule has 0 aromatic carbocycles. The molecule has 0 fully saturated rings. The van der Waals surface area contributed by atoms with Gasteiger partial charge in [-0.25, -0.2) is 4.98 Å². The highest BCUT2D eigenvalue weighted by atomic mass is 16.6. The number of nitrogens with zero attached hydrogens (tertiary/aromatic N) is 3. The van der Waals surface area contributed by atoms with Crippen molar-refractivity contribution in [3.8, 4) is 0 Å². The first-order chi connectivity index (χ1) is 11.5. The fraction of sp³-hybridized carbons (Fsp3) is 0.368. The first-order valence-electron chi connectivity index (χ1n) is 8.03. The molecule has 2 heterocycles. The fourth-order valence-electron chi connectivity index (χ4n) is 2.26. The SMILES string of the molecule is CC(=O)c1cccc(CC(C)CON=C(C)c2cccc(C)n2)n1. The first kappa shape index (κ1) is 17.8. The summed E-state index contributed by atoms with van der Waals surface area (Å²) in [5.74, 6) is 0.216. The van der Waals surface area contributed by atoms with E-state index in [2.05, 4.69) is 22.0 Å². The number of Topliss-reactive ketones (excluding diaryl/α,β-unsaturated/α-hetero) is 1. The number of hydrogen-bond donors (Lipinski definition) is 0. The van der Waals surface area contributed by atoms with Gasteiger partial charge < -0.3 is 4.84 Å². The van der Waals surface area contributed by atoms with Gasteiger partial charge in [0, 0.05) is 18.3 Å². The standard InChI is InChI=1S/C19H23N3O2/c1-13(11-17-8-6-10-19(21-17)16(4)23)12-24-22-15(3)18-9-5-7-14(2)20-18/h5-10,13H,11-12H2,1-4H3. The van der Waals surface area contributed by atoms with Gasteiger partial charge in [-0.2, -0.15) is 0 Å². The van der Waals surface area contributed by atoms with Gasteiger partial charge in [0.2, 0.25) is 0 Å². The van der Waals surface area contributed by atoms with Crippen molar-refractivity contribution in [3.63, 3.8) is 0 Å². The molecule has 0 saturated heterocycles. The molecule has 0 aliphatic rings. The van der Waals surface area contributed by atoms with Crippen molar-refractivity contribution < 1.29 is 9.63 Å². The van der Waals surface area contributed by atoms with Crippen LogP contribution < -0.4 is 0 Å². The van der Waals surface area contributed by atoms with Crippen molar-refractivity contribution in [1.82, 2.24) is 9.97 Å². The van der Waals surface area contributed by atoms with Crippen molar-refractivity contribution in [2.45, 2.75) is 34.1 Å². The molecule has 0 radical (unpaired) electrons. The molecular formula is C19H23N3O2. The van der Waals surface area contributed by atoms with Gasteiger partial charge in [0.05, 0.1) is 5.69 Å². The molecule has 2 aromatic rings. The maximum atomic E-state index is 11.4. The highest BCUT2D eigenvalue weighted by molar-refractivity contribution is 5.96. The minimum atomic E-state index is -0.0216. The highest BCUT2D eigenvalue weighted by Crippen LogP contribution is 2.09. The zero-order valence-corrected chi connectivity index (χ0v) is 14.6. The molecule has 0 aliphatic heterocycles. The average molecular weight is 325 g/mol. The summed E-state index contributed by atoms with van der Waals surface area (Å²) >= 11 is 0. The molecule has 0 aliphatic carbocycles. The summed E-state index contributed by atoms with van der Waals surface area (Å²) in [7, 11) is 0. The molecule has 126 valence electrons. The molecule has 2 aromatic heterocycles. The molecule has 5 heteroatoms. The van der Waals surface area contributed by atoms with Crippen molar-refractivity contribution in [1.29, 1.82) is 0 Å². The minimum absolute atomic E-state index is 0.0216. The van der Waals surface area contributed by atoms with Crippen LogP contribution in [0.25, 0.3) is 0 Å².